The molecule has 1 fully saturated rings. The molecular formula is C18H27IN4OS. The number of rotatable bonds is 2. The summed E-state index contributed by atoms with van der Waals surface area (Å²) in [4.78, 5) is 21.1. The van der Waals surface area contributed by atoms with Crippen molar-refractivity contribution in [1.82, 2.24) is 10.2 Å². The Morgan fingerprint density at radius 1 is 1.32 bits per heavy atom. The number of nitrogens with zero attached hydrogens (tertiary/aromatic N) is 3. The molecule has 2 aliphatic rings. The first-order chi connectivity index (χ1) is 11.5. The van der Waals surface area contributed by atoms with Gasteiger partial charge in [-0.25, -0.2) is 0 Å². The number of hydrogen-bond donors (Lipinski definition) is 1. The van der Waals surface area contributed by atoms with E-state index in [0.29, 0.717) is 0 Å². The van der Waals surface area contributed by atoms with Gasteiger partial charge in [-0.2, -0.15) is 11.8 Å². The number of hydrogen-bond acceptors (Lipinski definition) is 3. The van der Waals surface area contributed by atoms with Crippen LogP contribution in [0.3, 0.4) is 0 Å². The zero-order valence-corrected chi connectivity index (χ0v) is 18.3. The highest BCUT2D eigenvalue weighted by Crippen LogP contribution is 2.29. The third-order valence-electron chi connectivity index (χ3n) is 4.52. The van der Waals surface area contributed by atoms with Crippen molar-refractivity contribution in [3.63, 3.8) is 0 Å². The van der Waals surface area contributed by atoms with Crippen LogP contribution in [0.2, 0.25) is 0 Å². The lowest BCUT2D eigenvalue weighted by atomic mass is 10.2. The monoisotopic (exact) mass is 474 g/mol. The summed E-state index contributed by atoms with van der Waals surface area (Å²) in [5, 5.41) is 3.26. The summed E-state index contributed by atoms with van der Waals surface area (Å²) < 4.78 is 0.216. The van der Waals surface area contributed by atoms with Crippen molar-refractivity contribution in [2.75, 3.05) is 43.9 Å². The van der Waals surface area contributed by atoms with E-state index in [0.717, 1.165) is 43.5 Å². The molecule has 3 rings (SSSR count). The van der Waals surface area contributed by atoms with Crippen LogP contribution in [0.15, 0.2) is 29.3 Å². The lowest BCUT2D eigenvalue weighted by Crippen LogP contribution is -2.52. The van der Waals surface area contributed by atoms with Crippen LogP contribution in [0.25, 0.3) is 0 Å². The van der Waals surface area contributed by atoms with E-state index < -0.39 is 0 Å². The number of aliphatic imine (C=N–C) groups is 1. The Labute approximate surface area is 171 Å². The van der Waals surface area contributed by atoms with Gasteiger partial charge in [-0.05, 0) is 31.9 Å². The quantitative estimate of drug-likeness (QED) is 0.407. The van der Waals surface area contributed by atoms with Crippen LogP contribution in [-0.4, -0.2) is 60.5 Å². The average molecular weight is 474 g/mol. The molecular weight excluding hydrogens is 447 g/mol. The molecule has 2 aliphatic heterocycles. The lowest BCUT2D eigenvalue weighted by Gasteiger charge is -2.39. The predicted octanol–water partition coefficient (Wildman–Crippen LogP) is 2.60. The highest BCUT2D eigenvalue weighted by Gasteiger charge is 2.29. The van der Waals surface area contributed by atoms with Crippen LogP contribution in [0, 0.1) is 0 Å². The molecule has 2 heterocycles. The highest BCUT2D eigenvalue weighted by molar-refractivity contribution is 14.0. The van der Waals surface area contributed by atoms with Crippen molar-refractivity contribution in [2.24, 2.45) is 4.99 Å². The number of guanidine groups is 1. The van der Waals surface area contributed by atoms with Crippen molar-refractivity contribution in [3.8, 4) is 0 Å². The maximum atomic E-state index is 12.6. The van der Waals surface area contributed by atoms with E-state index in [4.69, 9.17) is 0 Å². The van der Waals surface area contributed by atoms with Gasteiger partial charge in [0.2, 0.25) is 5.91 Å². The molecule has 0 bridgehead atoms. The van der Waals surface area contributed by atoms with Gasteiger partial charge >= 0.3 is 0 Å². The maximum absolute atomic E-state index is 12.6. The number of anilines is 1. The first-order valence-corrected chi connectivity index (χ1v) is 9.46. The van der Waals surface area contributed by atoms with E-state index >= 15 is 0 Å². The minimum absolute atomic E-state index is 0. The number of para-hydroxylation sites is 1. The van der Waals surface area contributed by atoms with Crippen LogP contribution in [0.1, 0.15) is 19.4 Å². The summed E-state index contributed by atoms with van der Waals surface area (Å²) in [6, 6.07) is 8.15. The normalized spacial score (nSPS) is 19.2. The first kappa shape index (κ1) is 20.4. The molecule has 1 saturated heterocycles. The molecule has 1 aromatic carbocycles. The minimum Gasteiger partial charge on any atom is -0.347 e. The second kappa shape index (κ2) is 8.62. The first-order valence-electron chi connectivity index (χ1n) is 8.48. The van der Waals surface area contributed by atoms with Crippen LogP contribution in [-0.2, 0) is 11.2 Å². The van der Waals surface area contributed by atoms with Crippen molar-refractivity contribution in [2.45, 2.75) is 25.0 Å². The Hall–Kier alpha value is -0.960. The molecule has 5 nitrogen and oxygen atoms in total. The summed E-state index contributed by atoms with van der Waals surface area (Å²) >= 11 is 1.99. The molecule has 0 radical (unpaired) electrons. The van der Waals surface area contributed by atoms with E-state index in [1.807, 2.05) is 34.9 Å². The fourth-order valence-electron chi connectivity index (χ4n) is 3.38. The standard InChI is InChI=1S/C18H26N4OS.HI/c1-18(2)13-21(10-11-24-18)17(19-3)20-12-16(23)22-9-8-14-6-4-5-7-15(14)22;/h4-7H,8-13H2,1-3H3,(H,19,20);1H. The van der Waals surface area contributed by atoms with Crippen LogP contribution in [0.4, 0.5) is 5.69 Å². The summed E-state index contributed by atoms with van der Waals surface area (Å²) in [5.41, 5.74) is 2.31. The summed E-state index contributed by atoms with van der Waals surface area (Å²) in [5.74, 6) is 2.01. The zero-order valence-electron chi connectivity index (χ0n) is 15.1. The third kappa shape index (κ3) is 4.81. The third-order valence-corrected chi connectivity index (χ3v) is 5.82. The summed E-state index contributed by atoms with van der Waals surface area (Å²) in [7, 11) is 1.78. The Kier molecular flexibility index (Phi) is 7.01. The second-order valence-electron chi connectivity index (χ2n) is 6.85. The number of thioether (sulfide) groups is 1. The number of carbonyl (C=O) groups is 1. The molecule has 1 amide bonds. The largest absolute Gasteiger partial charge is 0.347 e. The van der Waals surface area contributed by atoms with Gasteiger partial charge in [-0.3, -0.25) is 9.79 Å². The van der Waals surface area contributed by atoms with Crippen molar-refractivity contribution in [3.05, 3.63) is 29.8 Å². The smallest absolute Gasteiger partial charge is 0.246 e. The lowest BCUT2D eigenvalue weighted by molar-refractivity contribution is -0.117. The van der Waals surface area contributed by atoms with Gasteiger partial charge in [0.15, 0.2) is 5.96 Å². The molecule has 1 aromatic rings. The Bertz CT molecular complexity index is 650. The number of benzene rings is 1. The average Bonchev–Trinajstić information content (AvgIpc) is 2.98. The van der Waals surface area contributed by atoms with Gasteiger partial charge in [-0.1, -0.05) is 18.2 Å². The SMILES string of the molecule is CN=C(NCC(=O)N1CCc2ccccc21)N1CCSC(C)(C)C1.I. The van der Waals surface area contributed by atoms with Gasteiger partial charge < -0.3 is 15.1 Å². The highest BCUT2D eigenvalue weighted by atomic mass is 127. The van der Waals surface area contributed by atoms with Crippen LogP contribution in [0.5, 0.6) is 0 Å². The van der Waals surface area contributed by atoms with Crippen molar-refractivity contribution in [1.29, 1.82) is 0 Å². The number of nitrogens with one attached hydrogen (secondary N) is 1. The van der Waals surface area contributed by atoms with E-state index in [-0.39, 0.29) is 41.2 Å². The molecule has 0 atom stereocenters. The van der Waals surface area contributed by atoms with Crippen molar-refractivity contribution >= 4 is 53.3 Å². The molecule has 0 spiro atoms. The Balaban J connectivity index is 0.00000225. The zero-order chi connectivity index (χ0) is 17.2. The molecule has 0 aliphatic carbocycles. The molecule has 1 N–H and O–H groups in total. The Morgan fingerprint density at radius 2 is 2.08 bits per heavy atom. The summed E-state index contributed by atoms with van der Waals surface area (Å²) in [6.45, 7) is 7.47. The molecule has 25 heavy (non-hydrogen) atoms. The van der Waals surface area contributed by atoms with Gasteiger partial charge in [0, 0.05) is 42.9 Å². The number of carbonyl (C=O) groups excluding carboxylic acids is 1. The summed E-state index contributed by atoms with van der Waals surface area (Å²) in [6.07, 6.45) is 0.939. The Morgan fingerprint density at radius 3 is 2.80 bits per heavy atom. The topological polar surface area (TPSA) is 47.9 Å². The van der Waals surface area contributed by atoms with Gasteiger partial charge in [-0.15, -0.1) is 24.0 Å². The van der Waals surface area contributed by atoms with Gasteiger partial charge in [0.1, 0.15) is 0 Å². The van der Waals surface area contributed by atoms with Crippen LogP contribution < -0.4 is 10.2 Å². The number of amides is 1. The van der Waals surface area contributed by atoms with E-state index in [1.54, 1.807) is 7.05 Å². The molecule has 7 heteroatoms. The van der Waals surface area contributed by atoms with Crippen LogP contribution >= 0.6 is 35.7 Å². The fourth-order valence-corrected chi connectivity index (χ4v) is 4.49. The van der Waals surface area contributed by atoms with Gasteiger partial charge in [0.25, 0.3) is 0 Å². The number of halogens is 1. The molecule has 138 valence electrons. The second-order valence-corrected chi connectivity index (χ2v) is 8.66. The number of fused-ring (bicyclic) bond motifs is 1. The minimum atomic E-state index is 0. The maximum Gasteiger partial charge on any atom is 0.246 e. The molecule has 0 unspecified atom stereocenters. The molecule has 0 saturated carbocycles. The van der Waals surface area contributed by atoms with E-state index in [1.165, 1.54) is 5.56 Å². The fraction of sp³-hybridized carbons (Fsp3) is 0.556. The molecule has 0 aromatic heterocycles. The van der Waals surface area contributed by atoms with Crippen molar-refractivity contribution < 1.29 is 4.79 Å². The van der Waals surface area contributed by atoms with Gasteiger partial charge in [0.05, 0.1) is 6.54 Å². The van der Waals surface area contributed by atoms with E-state index in [9.17, 15) is 4.79 Å². The van der Waals surface area contributed by atoms with E-state index in [2.05, 4.69) is 35.1 Å². The predicted molar refractivity (Wildman–Crippen MR) is 117 cm³/mol.